The maximum Gasteiger partial charge on any atom is 0.309 e. The molecule has 1 aliphatic carbocycles. The standard InChI is InChI=1S/C19H35N3O3.HI/c1-3-20-19(21-12-7-15-25-17-8-5-6-9-17)22-13-10-16(11-14-22)18(23)24-4-2;/h16-17H,3-15H2,1-2H3,(H,20,21);1H. The molecule has 1 saturated carbocycles. The normalized spacial score (nSPS) is 19.3. The number of esters is 1. The minimum absolute atomic E-state index is 0. The number of carbonyl (C=O) groups excluding carboxylic acids is 1. The summed E-state index contributed by atoms with van der Waals surface area (Å²) in [5, 5.41) is 3.37. The lowest BCUT2D eigenvalue weighted by molar-refractivity contribution is -0.149. The number of hydrogen-bond donors (Lipinski definition) is 1. The maximum absolute atomic E-state index is 11.9. The predicted octanol–water partition coefficient (Wildman–Crippen LogP) is 3.19. The number of nitrogens with one attached hydrogen (secondary N) is 1. The molecule has 0 bridgehead atoms. The molecule has 2 aliphatic rings. The van der Waals surface area contributed by atoms with Gasteiger partial charge in [0, 0.05) is 32.8 Å². The molecule has 1 heterocycles. The maximum atomic E-state index is 11.9. The Labute approximate surface area is 175 Å². The Morgan fingerprint density at radius 1 is 1.15 bits per heavy atom. The number of piperidine rings is 1. The third-order valence-electron chi connectivity index (χ3n) is 4.97. The Hall–Kier alpha value is -0.570. The van der Waals surface area contributed by atoms with Gasteiger partial charge < -0.3 is 19.7 Å². The van der Waals surface area contributed by atoms with Crippen LogP contribution < -0.4 is 5.32 Å². The van der Waals surface area contributed by atoms with Crippen molar-refractivity contribution in [2.24, 2.45) is 10.9 Å². The number of aliphatic imine (C=N–C) groups is 1. The van der Waals surface area contributed by atoms with Crippen LogP contribution in [0, 0.1) is 5.92 Å². The highest BCUT2D eigenvalue weighted by atomic mass is 127. The average molecular weight is 481 g/mol. The second-order valence-corrected chi connectivity index (χ2v) is 6.88. The number of rotatable bonds is 8. The molecule has 6 nitrogen and oxygen atoms in total. The zero-order valence-corrected chi connectivity index (χ0v) is 18.7. The summed E-state index contributed by atoms with van der Waals surface area (Å²) in [6.45, 7) is 8.57. The number of likely N-dealkylation sites (tertiary alicyclic amines) is 1. The summed E-state index contributed by atoms with van der Waals surface area (Å²) in [6.07, 6.45) is 8.21. The fourth-order valence-corrected chi connectivity index (χ4v) is 3.57. The summed E-state index contributed by atoms with van der Waals surface area (Å²) < 4.78 is 11.0. The van der Waals surface area contributed by atoms with E-state index in [0.717, 1.165) is 58.0 Å². The first-order chi connectivity index (χ1) is 12.2. The van der Waals surface area contributed by atoms with Crippen LogP contribution in [0.25, 0.3) is 0 Å². The summed E-state index contributed by atoms with van der Waals surface area (Å²) in [4.78, 5) is 18.9. The molecule has 2 rings (SSSR count). The molecular weight excluding hydrogens is 445 g/mol. The van der Waals surface area contributed by atoms with Crippen molar-refractivity contribution < 1.29 is 14.3 Å². The van der Waals surface area contributed by atoms with Crippen LogP contribution in [0.15, 0.2) is 4.99 Å². The van der Waals surface area contributed by atoms with Gasteiger partial charge in [-0.25, -0.2) is 0 Å². The molecule has 2 fully saturated rings. The van der Waals surface area contributed by atoms with E-state index in [1.807, 2.05) is 6.92 Å². The monoisotopic (exact) mass is 481 g/mol. The van der Waals surface area contributed by atoms with Crippen LogP contribution in [0.5, 0.6) is 0 Å². The van der Waals surface area contributed by atoms with Crippen molar-refractivity contribution in [3.05, 3.63) is 0 Å². The predicted molar refractivity (Wildman–Crippen MR) is 115 cm³/mol. The molecule has 0 spiro atoms. The highest BCUT2D eigenvalue weighted by molar-refractivity contribution is 14.0. The Balaban J connectivity index is 0.00000338. The Morgan fingerprint density at radius 3 is 2.46 bits per heavy atom. The van der Waals surface area contributed by atoms with E-state index in [2.05, 4.69) is 17.1 Å². The van der Waals surface area contributed by atoms with Gasteiger partial charge in [-0.3, -0.25) is 9.79 Å². The minimum Gasteiger partial charge on any atom is -0.466 e. The molecule has 1 saturated heterocycles. The highest BCUT2D eigenvalue weighted by Crippen LogP contribution is 2.21. The van der Waals surface area contributed by atoms with Gasteiger partial charge in [-0.05, 0) is 46.0 Å². The fourth-order valence-electron chi connectivity index (χ4n) is 3.57. The molecular formula is C19H36IN3O3. The van der Waals surface area contributed by atoms with Crippen LogP contribution in [0.2, 0.25) is 0 Å². The van der Waals surface area contributed by atoms with Gasteiger partial charge in [-0.2, -0.15) is 0 Å². The first kappa shape index (κ1) is 23.5. The first-order valence-electron chi connectivity index (χ1n) is 10.1. The largest absolute Gasteiger partial charge is 0.466 e. The Bertz CT molecular complexity index is 420. The fraction of sp³-hybridized carbons (Fsp3) is 0.895. The Kier molecular flexibility index (Phi) is 12.3. The molecule has 0 unspecified atom stereocenters. The van der Waals surface area contributed by atoms with Crippen LogP contribution in [-0.2, 0) is 14.3 Å². The lowest BCUT2D eigenvalue weighted by Crippen LogP contribution is -2.46. The lowest BCUT2D eigenvalue weighted by Gasteiger charge is -2.33. The topological polar surface area (TPSA) is 63.2 Å². The van der Waals surface area contributed by atoms with Crippen molar-refractivity contribution in [2.45, 2.75) is 64.9 Å². The first-order valence-corrected chi connectivity index (χ1v) is 10.1. The second-order valence-electron chi connectivity index (χ2n) is 6.88. The van der Waals surface area contributed by atoms with Crippen LogP contribution in [0.4, 0.5) is 0 Å². The minimum atomic E-state index is -0.0480. The van der Waals surface area contributed by atoms with Gasteiger partial charge in [-0.1, -0.05) is 12.8 Å². The third kappa shape index (κ3) is 7.98. The molecule has 1 aliphatic heterocycles. The molecule has 152 valence electrons. The van der Waals surface area contributed by atoms with E-state index in [4.69, 9.17) is 14.5 Å². The van der Waals surface area contributed by atoms with Gasteiger partial charge in [0.15, 0.2) is 5.96 Å². The molecule has 0 aromatic rings. The average Bonchev–Trinajstić information content (AvgIpc) is 3.14. The summed E-state index contributed by atoms with van der Waals surface area (Å²) in [6, 6.07) is 0. The number of guanidine groups is 1. The van der Waals surface area contributed by atoms with E-state index < -0.39 is 0 Å². The summed E-state index contributed by atoms with van der Waals surface area (Å²) in [7, 11) is 0. The number of ether oxygens (including phenoxy) is 2. The van der Waals surface area contributed by atoms with Gasteiger partial charge in [0.25, 0.3) is 0 Å². The van der Waals surface area contributed by atoms with Crippen LogP contribution in [0.1, 0.15) is 58.8 Å². The summed E-state index contributed by atoms with van der Waals surface area (Å²) in [5.41, 5.74) is 0. The third-order valence-corrected chi connectivity index (χ3v) is 4.97. The van der Waals surface area contributed by atoms with E-state index in [1.54, 1.807) is 0 Å². The molecule has 26 heavy (non-hydrogen) atoms. The van der Waals surface area contributed by atoms with Crippen molar-refractivity contribution >= 4 is 35.9 Å². The molecule has 0 aromatic heterocycles. The van der Waals surface area contributed by atoms with Gasteiger partial charge in [0.2, 0.25) is 0 Å². The van der Waals surface area contributed by atoms with Crippen LogP contribution >= 0.6 is 24.0 Å². The Morgan fingerprint density at radius 2 is 1.85 bits per heavy atom. The van der Waals surface area contributed by atoms with E-state index in [-0.39, 0.29) is 35.9 Å². The quantitative estimate of drug-likeness (QED) is 0.190. The van der Waals surface area contributed by atoms with Crippen LogP contribution in [-0.4, -0.2) is 62.3 Å². The van der Waals surface area contributed by atoms with Crippen molar-refractivity contribution in [1.82, 2.24) is 10.2 Å². The van der Waals surface area contributed by atoms with Gasteiger partial charge >= 0.3 is 5.97 Å². The SMILES string of the molecule is CCNC(=NCCCOC1CCCC1)N1CCC(C(=O)OCC)CC1.I. The summed E-state index contributed by atoms with van der Waals surface area (Å²) >= 11 is 0. The highest BCUT2D eigenvalue weighted by Gasteiger charge is 2.27. The van der Waals surface area contributed by atoms with E-state index in [0.29, 0.717) is 12.7 Å². The second kappa shape index (κ2) is 13.6. The molecule has 0 aromatic carbocycles. The van der Waals surface area contributed by atoms with Crippen LogP contribution in [0.3, 0.4) is 0 Å². The lowest BCUT2D eigenvalue weighted by atomic mass is 9.97. The van der Waals surface area contributed by atoms with E-state index >= 15 is 0 Å². The van der Waals surface area contributed by atoms with Crippen molar-refractivity contribution in [3.8, 4) is 0 Å². The molecule has 1 N–H and O–H groups in total. The van der Waals surface area contributed by atoms with Crippen molar-refractivity contribution in [2.75, 3.05) is 39.4 Å². The smallest absolute Gasteiger partial charge is 0.309 e. The molecule has 0 atom stereocenters. The zero-order chi connectivity index (χ0) is 17.9. The van der Waals surface area contributed by atoms with Gasteiger partial charge in [0.1, 0.15) is 0 Å². The summed E-state index contributed by atoms with van der Waals surface area (Å²) in [5.74, 6) is 0.956. The van der Waals surface area contributed by atoms with Crippen molar-refractivity contribution in [1.29, 1.82) is 0 Å². The van der Waals surface area contributed by atoms with E-state index in [9.17, 15) is 4.79 Å². The number of hydrogen-bond acceptors (Lipinski definition) is 4. The van der Waals surface area contributed by atoms with Gasteiger partial charge in [0.05, 0.1) is 18.6 Å². The van der Waals surface area contributed by atoms with E-state index in [1.165, 1.54) is 25.7 Å². The zero-order valence-electron chi connectivity index (χ0n) is 16.4. The molecule has 0 radical (unpaired) electrons. The van der Waals surface area contributed by atoms with Gasteiger partial charge in [-0.15, -0.1) is 24.0 Å². The number of halogens is 1. The number of carbonyl (C=O) groups is 1. The van der Waals surface area contributed by atoms with Crippen molar-refractivity contribution in [3.63, 3.8) is 0 Å². The number of nitrogens with zero attached hydrogens (tertiary/aromatic N) is 2. The molecule has 7 heteroatoms. The molecule has 0 amide bonds.